The van der Waals surface area contributed by atoms with Crippen molar-refractivity contribution in [2.75, 3.05) is 19.7 Å². The molecule has 1 aromatic rings. The molecular formula is C16H26N2O2. The number of urea groups is 1. The fourth-order valence-corrected chi connectivity index (χ4v) is 2.07. The van der Waals surface area contributed by atoms with Gasteiger partial charge in [-0.25, -0.2) is 4.79 Å². The van der Waals surface area contributed by atoms with Crippen molar-refractivity contribution in [1.29, 1.82) is 0 Å². The lowest BCUT2D eigenvalue weighted by Gasteiger charge is -2.14. The number of rotatable bonds is 6. The Kier molecular flexibility index (Phi) is 6.36. The van der Waals surface area contributed by atoms with E-state index in [1.165, 1.54) is 5.56 Å². The number of carbonyl (C=O) groups excluding carboxylic acids is 1. The van der Waals surface area contributed by atoms with Gasteiger partial charge >= 0.3 is 6.03 Å². The molecule has 20 heavy (non-hydrogen) atoms. The van der Waals surface area contributed by atoms with Gasteiger partial charge in [-0.1, -0.05) is 31.5 Å². The third kappa shape index (κ3) is 5.51. The van der Waals surface area contributed by atoms with Crippen LogP contribution < -0.4 is 15.4 Å². The van der Waals surface area contributed by atoms with E-state index in [0.717, 1.165) is 16.9 Å². The third-order valence-corrected chi connectivity index (χ3v) is 2.91. The highest BCUT2D eigenvalue weighted by molar-refractivity contribution is 5.73. The average Bonchev–Trinajstić information content (AvgIpc) is 2.34. The van der Waals surface area contributed by atoms with Crippen LogP contribution >= 0.6 is 0 Å². The van der Waals surface area contributed by atoms with Gasteiger partial charge in [0.25, 0.3) is 0 Å². The first kappa shape index (κ1) is 16.3. The van der Waals surface area contributed by atoms with Crippen molar-refractivity contribution >= 4 is 6.03 Å². The van der Waals surface area contributed by atoms with Crippen LogP contribution in [0.15, 0.2) is 12.1 Å². The first-order chi connectivity index (χ1) is 9.40. The summed E-state index contributed by atoms with van der Waals surface area (Å²) in [6.45, 7) is 11.9. The second-order valence-corrected chi connectivity index (χ2v) is 5.61. The first-order valence-electron chi connectivity index (χ1n) is 7.12. The highest BCUT2D eigenvalue weighted by atomic mass is 16.5. The molecule has 1 rings (SSSR count). The van der Waals surface area contributed by atoms with E-state index in [0.29, 0.717) is 25.6 Å². The summed E-state index contributed by atoms with van der Waals surface area (Å²) in [7, 11) is 0. The van der Waals surface area contributed by atoms with Crippen LogP contribution in [0.1, 0.15) is 30.5 Å². The van der Waals surface area contributed by atoms with Crippen LogP contribution in [0.2, 0.25) is 0 Å². The summed E-state index contributed by atoms with van der Waals surface area (Å²) in [5, 5.41) is 5.59. The SMILES string of the molecule is Cc1cc(C)c(OCCNC(=O)NCC(C)C)c(C)c1. The predicted molar refractivity (Wildman–Crippen MR) is 82.4 cm³/mol. The molecule has 0 unspecified atom stereocenters. The van der Waals surface area contributed by atoms with Crippen LogP contribution in [-0.2, 0) is 0 Å². The van der Waals surface area contributed by atoms with E-state index < -0.39 is 0 Å². The van der Waals surface area contributed by atoms with Crippen molar-refractivity contribution in [2.45, 2.75) is 34.6 Å². The summed E-state index contributed by atoms with van der Waals surface area (Å²) in [4.78, 5) is 11.5. The lowest BCUT2D eigenvalue weighted by atomic mass is 10.1. The second-order valence-electron chi connectivity index (χ2n) is 5.61. The largest absolute Gasteiger partial charge is 0.491 e. The Hall–Kier alpha value is -1.71. The molecule has 0 radical (unpaired) electrons. The van der Waals surface area contributed by atoms with Crippen LogP contribution in [0.3, 0.4) is 0 Å². The molecule has 0 heterocycles. The zero-order chi connectivity index (χ0) is 15.1. The number of hydrogen-bond donors (Lipinski definition) is 2. The van der Waals surface area contributed by atoms with Gasteiger partial charge < -0.3 is 15.4 Å². The molecule has 1 aromatic carbocycles. The van der Waals surface area contributed by atoms with Crippen molar-refractivity contribution in [1.82, 2.24) is 10.6 Å². The fourth-order valence-electron chi connectivity index (χ4n) is 2.07. The molecule has 2 N–H and O–H groups in total. The number of aryl methyl sites for hydroxylation is 3. The summed E-state index contributed by atoms with van der Waals surface area (Å²) in [6.07, 6.45) is 0. The summed E-state index contributed by atoms with van der Waals surface area (Å²) < 4.78 is 5.76. The monoisotopic (exact) mass is 278 g/mol. The number of carbonyl (C=O) groups is 1. The maximum atomic E-state index is 11.5. The molecular weight excluding hydrogens is 252 g/mol. The van der Waals surface area contributed by atoms with Crippen LogP contribution in [-0.4, -0.2) is 25.7 Å². The Morgan fingerprint density at radius 3 is 2.30 bits per heavy atom. The van der Waals surface area contributed by atoms with Gasteiger partial charge in [-0.2, -0.15) is 0 Å². The van der Waals surface area contributed by atoms with Crippen molar-refractivity contribution < 1.29 is 9.53 Å². The molecule has 2 amide bonds. The van der Waals surface area contributed by atoms with Crippen molar-refractivity contribution in [2.24, 2.45) is 5.92 Å². The maximum Gasteiger partial charge on any atom is 0.314 e. The standard InChI is InChI=1S/C16H26N2O2/c1-11(2)10-18-16(19)17-6-7-20-15-13(4)8-12(3)9-14(15)5/h8-9,11H,6-7,10H2,1-5H3,(H2,17,18,19). The number of ether oxygens (including phenoxy) is 1. The quantitative estimate of drug-likeness (QED) is 0.786. The summed E-state index contributed by atoms with van der Waals surface area (Å²) >= 11 is 0. The van der Waals surface area contributed by atoms with E-state index in [1.54, 1.807) is 0 Å². The Morgan fingerprint density at radius 2 is 1.75 bits per heavy atom. The lowest BCUT2D eigenvalue weighted by molar-refractivity contribution is 0.235. The van der Waals surface area contributed by atoms with Gasteiger partial charge in [0, 0.05) is 6.54 Å². The lowest BCUT2D eigenvalue weighted by Crippen LogP contribution is -2.39. The molecule has 0 bridgehead atoms. The number of nitrogens with one attached hydrogen (secondary N) is 2. The summed E-state index contributed by atoms with van der Waals surface area (Å²) in [5.74, 6) is 1.37. The minimum absolute atomic E-state index is 0.139. The average molecular weight is 278 g/mol. The van der Waals surface area contributed by atoms with E-state index in [9.17, 15) is 4.79 Å². The second kappa shape index (κ2) is 7.78. The van der Waals surface area contributed by atoms with E-state index in [4.69, 9.17) is 4.74 Å². The number of amides is 2. The first-order valence-corrected chi connectivity index (χ1v) is 7.12. The summed E-state index contributed by atoms with van der Waals surface area (Å²) in [5.41, 5.74) is 3.50. The Morgan fingerprint density at radius 1 is 1.15 bits per heavy atom. The Bertz CT molecular complexity index is 433. The van der Waals surface area contributed by atoms with Gasteiger partial charge in [0.05, 0.1) is 6.54 Å². The molecule has 0 spiro atoms. The summed E-state index contributed by atoms with van der Waals surface area (Å²) in [6, 6.07) is 4.07. The van der Waals surface area contributed by atoms with Gasteiger partial charge in [0.2, 0.25) is 0 Å². The minimum Gasteiger partial charge on any atom is -0.491 e. The normalized spacial score (nSPS) is 10.5. The molecule has 0 saturated carbocycles. The van der Waals surface area contributed by atoms with Crippen LogP contribution in [0.4, 0.5) is 4.79 Å². The predicted octanol–water partition coefficient (Wildman–Crippen LogP) is 2.95. The molecule has 0 fully saturated rings. The van der Waals surface area contributed by atoms with Crippen LogP contribution in [0.5, 0.6) is 5.75 Å². The van der Waals surface area contributed by atoms with E-state index in [2.05, 4.69) is 43.5 Å². The molecule has 0 aliphatic heterocycles. The Labute approximate surface area is 121 Å². The third-order valence-electron chi connectivity index (χ3n) is 2.91. The van der Waals surface area contributed by atoms with Gasteiger partial charge in [-0.15, -0.1) is 0 Å². The van der Waals surface area contributed by atoms with Crippen LogP contribution in [0.25, 0.3) is 0 Å². The zero-order valence-corrected chi connectivity index (χ0v) is 13.2. The van der Waals surface area contributed by atoms with Crippen LogP contribution in [0, 0.1) is 26.7 Å². The van der Waals surface area contributed by atoms with Gasteiger partial charge in [0.1, 0.15) is 12.4 Å². The van der Waals surface area contributed by atoms with E-state index in [-0.39, 0.29) is 6.03 Å². The van der Waals surface area contributed by atoms with E-state index in [1.807, 2.05) is 13.8 Å². The van der Waals surface area contributed by atoms with Crippen molar-refractivity contribution in [3.8, 4) is 5.75 Å². The van der Waals surface area contributed by atoms with Gasteiger partial charge in [0.15, 0.2) is 0 Å². The maximum absolute atomic E-state index is 11.5. The zero-order valence-electron chi connectivity index (χ0n) is 13.2. The van der Waals surface area contributed by atoms with Crippen molar-refractivity contribution in [3.63, 3.8) is 0 Å². The highest BCUT2D eigenvalue weighted by Crippen LogP contribution is 2.24. The Balaban J connectivity index is 2.33. The smallest absolute Gasteiger partial charge is 0.314 e. The molecule has 4 heteroatoms. The molecule has 0 aliphatic carbocycles. The van der Waals surface area contributed by atoms with Crippen molar-refractivity contribution in [3.05, 3.63) is 28.8 Å². The molecule has 112 valence electrons. The topological polar surface area (TPSA) is 50.4 Å². The molecule has 0 aliphatic rings. The fraction of sp³-hybridized carbons (Fsp3) is 0.562. The van der Waals surface area contributed by atoms with Gasteiger partial charge in [-0.3, -0.25) is 0 Å². The molecule has 0 atom stereocenters. The van der Waals surface area contributed by atoms with E-state index >= 15 is 0 Å². The van der Waals surface area contributed by atoms with Gasteiger partial charge in [-0.05, 0) is 37.8 Å². The number of benzene rings is 1. The number of hydrogen-bond acceptors (Lipinski definition) is 2. The highest BCUT2D eigenvalue weighted by Gasteiger charge is 2.05. The minimum atomic E-state index is -0.139. The molecule has 0 saturated heterocycles. The molecule has 4 nitrogen and oxygen atoms in total. The molecule has 0 aromatic heterocycles.